The third kappa shape index (κ3) is 2.28. The Morgan fingerprint density at radius 3 is 2.86 bits per heavy atom. The lowest BCUT2D eigenvalue weighted by atomic mass is 10.0. The van der Waals surface area contributed by atoms with Gasteiger partial charge in [0.25, 0.3) is 0 Å². The minimum Gasteiger partial charge on any atom is -0.388 e. The molecule has 0 bridgehead atoms. The number of benzene rings is 1. The Labute approximate surface area is 81.6 Å². The minimum absolute atomic E-state index is 0.0569. The lowest BCUT2D eigenvalue weighted by Gasteiger charge is -2.09. The quantitative estimate of drug-likeness (QED) is 0.756. The van der Waals surface area contributed by atoms with Gasteiger partial charge in [-0.05, 0) is 30.7 Å². The highest BCUT2D eigenvalue weighted by Gasteiger charge is 2.09. The number of nitrogens with two attached hydrogens (primary N) is 1. The van der Waals surface area contributed by atoms with Gasteiger partial charge in [-0.15, -0.1) is 0 Å². The molecule has 1 aromatic rings. The Morgan fingerprint density at radius 2 is 2.29 bits per heavy atom. The number of rotatable bonds is 3. The second kappa shape index (κ2) is 4.70. The Morgan fingerprint density at radius 1 is 1.57 bits per heavy atom. The van der Waals surface area contributed by atoms with Gasteiger partial charge in [-0.3, -0.25) is 0 Å². The van der Waals surface area contributed by atoms with Gasteiger partial charge in [-0.2, -0.15) is 5.26 Å². The zero-order valence-electron chi connectivity index (χ0n) is 7.57. The largest absolute Gasteiger partial charge is 0.388 e. The Balaban J connectivity index is 2.95. The predicted molar refractivity (Wildman–Crippen MR) is 49.7 cm³/mol. The molecule has 0 aromatic heterocycles. The standard InChI is InChI=1S/C10H11FN2O/c11-9-2-1-7(5-8(9)6-13)10(14)3-4-12/h1-2,5,10,14H,3-4,12H2/t10-/m1/s1. The highest BCUT2D eigenvalue weighted by molar-refractivity contribution is 5.35. The summed E-state index contributed by atoms with van der Waals surface area (Å²) >= 11 is 0. The van der Waals surface area contributed by atoms with Crippen LogP contribution in [0.1, 0.15) is 23.7 Å². The molecule has 0 saturated carbocycles. The maximum absolute atomic E-state index is 12.9. The zero-order valence-corrected chi connectivity index (χ0v) is 7.57. The fourth-order valence-electron chi connectivity index (χ4n) is 1.16. The first-order valence-electron chi connectivity index (χ1n) is 4.26. The summed E-state index contributed by atoms with van der Waals surface area (Å²) in [6.07, 6.45) is -0.330. The molecule has 0 saturated heterocycles. The van der Waals surface area contributed by atoms with E-state index in [0.29, 0.717) is 18.5 Å². The van der Waals surface area contributed by atoms with Gasteiger partial charge in [-0.1, -0.05) is 6.07 Å². The van der Waals surface area contributed by atoms with E-state index in [2.05, 4.69) is 0 Å². The van der Waals surface area contributed by atoms with Crippen LogP contribution in [0, 0.1) is 17.1 Å². The summed E-state index contributed by atoms with van der Waals surface area (Å²) < 4.78 is 12.9. The molecular formula is C10H11FN2O. The van der Waals surface area contributed by atoms with E-state index in [1.165, 1.54) is 18.2 Å². The molecule has 0 spiro atoms. The molecule has 14 heavy (non-hydrogen) atoms. The maximum atomic E-state index is 12.9. The van der Waals surface area contributed by atoms with Crippen molar-refractivity contribution in [3.05, 3.63) is 35.1 Å². The summed E-state index contributed by atoms with van der Waals surface area (Å²) in [5.41, 5.74) is 5.73. The highest BCUT2D eigenvalue weighted by atomic mass is 19.1. The zero-order chi connectivity index (χ0) is 10.6. The average molecular weight is 194 g/mol. The SMILES string of the molecule is N#Cc1cc([C@H](O)CCN)ccc1F. The van der Waals surface area contributed by atoms with Crippen molar-refractivity contribution < 1.29 is 9.50 Å². The molecular weight excluding hydrogens is 183 g/mol. The van der Waals surface area contributed by atoms with E-state index in [1.54, 1.807) is 6.07 Å². The first kappa shape index (κ1) is 10.6. The first-order chi connectivity index (χ1) is 6.69. The van der Waals surface area contributed by atoms with Crippen LogP contribution in [0.25, 0.3) is 0 Å². The lowest BCUT2D eigenvalue weighted by Crippen LogP contribution is -2.07. The summed E-state index contributed by atoms with van der Waals surface area (Å²) in [4.78, 5) is 0. The van der Waals surface area contributed by atoms with Gasteiger partial charge in [-0.25, -0.2) is 4.39 Å². The fraction of sp³-hybridized carbons (Fsp3) is 0.300. The highest BCUT2D eigenvalue weighted by Crippen LogP contribution is 2.18. The molecule has 0 radical (unpaired) electrons. The van der Waals surface area contributed by atoms with Crippen molar-refractivity contribution in [2.24, 2.45) is 5.73 Å². The molecule has 1 aromatic carbocycles. The van der Waals surface area contributed by atoms with E-state index < -0.39 is 11.9 Å². The van der Waals surface area contributed by atoms with Crippen LogP contribution in [-0.4, -0.2) is 11.7 Å². The molecule has 0 aliphatic carbocycles. The summed E-state index contributed by atoms with van der Waals surface area (Å²) in [5.74, 6) is -0.573. The molecule has 4 heteroatoms. The Bertz CT molecular complexity index is 360. The predicted octanol–water partition coefficient (Wildman–Crippen LogP) is 1.08. The van der Waals surface area contributed by atoms with Crippen LogP contribution in [0.2, 0.25) is 0 Å². The van der Waals surface area contributed by atoms with Crippen LogP contribution in [0.3, 0.4) is 0 Å². The van der Waals surface area contributed by atoms with Crippen LogP contribution in [0.4, 0.5) is 4.39 Å². The van der Waals surface area contributed by atoms with Gasteiger partial charge >= 0.3 is 0 Å². The van der Waals surface area contributed by atoms with Crippen molar-refractivity contribution >= 4 is 0 Å². The van der Waals surface area contributed by atoms with Gasteiger partial charge in [0.2, 0.25) is 0 Å². The summed E-state index contributed by atoms with van der Waals surface area (Å²) in [6.45, 7) is 0.348. The molecule has 3 nitrogen and oxygen atoms in total. The number of hydrogen-bond donors (Lipinski definition) is 2. The van der Waals surface area contributed by atoms with Crippen molar-refractivity contribution in [3.63, 3.8) is 0 Å². The number of hydrogen-bond acceptors (Lipinski definition) is 3. The van der Waals surface area contributed by atoms with Crippen molar-refractivity contribution in [2.75, 3.05) is 6.54 Å². The minimum atomic E-state index is -0.729. The van der Waals surface area contributed by atoms with Gasteiger partial charge in [0, 0.05) is 0 Å². The van der Waals surface area contributed by atoms with Gasteiger partial charge in [0.1, 0.15) is 11.9 Å². The topological polar surface area (TPSA) is 70.0 Å². The fourth-order valence-corrected chi connectivity index (χ4v) is 1.16. The van der Waals surface area contributed by atoms with E-state index in [-0.39, 0.29) is 5.56 Å². The molecule has 1 atom stereocenters. The number of aliphatic hydroxyl groups is 1. The third-order valence-electron chi connectivity index (χ3n) is 1.94. The van der Waals surface area contributed by atoms with Gasteiger partial charge in [0.15, 0.2) is 0 Å². The first-order valence-corrected chi connectivity index (χ1v) is 4.26. The van der Waals surface area contributed by atoms with E-state index >= 15 is 0 Å². The number of aliphatic hydroxyl groups excluding tert-OH is 1. The number of nitriles is 1. The van der Waals surface area contributed by atoms with Crippen LogP contribution in [-0.2, 0) is 0 Å². The molecule has 0 unspecified atom stereocenters. The summed E-state index contributed by atoms with van der Waals surface area (Å²) in [5, 5.41) is 18.1. The van der Waals surface area contributed by atoms with Crippen LogP contribution in [0.5, 0.6) is 0 Å². The van der Waals surface area contributed by atoms with Crippen LogP contribution < -0.4 is 5.73 Å². The summed E-state index contributed by atoms with van der Waals surface area (Å²) in [6, 6.07) is 5.69. The molecule has 0 amide bonds. The van der Waals surface area contributed by atoms with E-state index in [1.807, 2.05) is 0 Å². The molecule has 74 valence electrons. The van der Waals surface area contributed by atoms with E-state index in [9.17, 15) is 9.50 Å². The number of halogens is 1. The Hall–Kier alpha value is -1.44. The molecule has 0 fully saturated rings. The molecule has 3 N–H and O–H groups in total. The second-order valence-corrected chi connectivity index (χ2v) is 2.94. The molecule has 0 heterocycles. The smallest absolute Gasteiger partial charge is 0.140 e. The molecule has 1 rings (SSSR count). The average Bonchev–Trinajstić information content (AvgIpc) is 2.19. The van der Waals surface area contributed by atoms with Crippen molar-refractivity contribution in [3.8, 4) is 6.07 Å². The normalized spacial score (nSPS) is 12.1. The van der Waals surface area contributed by atoms with Crippen molar-refractivity contribution in [2.45, 2.75) is 12.5 Å². The van der Waals surface area contributed by atoms with Gasteiger partial charge in [0.05, 0.1) is 11.7 Å². The Kier molecular flexibility index (Phi) is 3.57. The summed E-state index contributed by atoms with van der Waals surface area (Å²) in [7, 11) is 0. The lowest BCUT2D eigenvalue weighted by molar-refractivity contribution is 0.170. The number of nitrogens with zero attached hydrogens (tertiary/aromatic N) is 1. The second-order valence-electron chi connectivity index (χ2n) is 2.94. The third-order valence-corrected chi connectivity index (χ3v) is 1.94. The van der Waals surface area contributed by atoms with E-state index in [0.717, 1.165) is 0 Å². The molecule has 0 aliphatic heterocycles. The molecule has 0 aliphatic rings. The van der Waals surface area contributed by atoms with Crippen LogP contribution in [0.15, 0.2) is 18.2 Å². The van der Waals surface area contributed by atoms with Crippen LogP contribution >= 0.6 is 0 Å². The van der Waals surface area contributed by atoms with Crippen molar-refractivity contribution in [1.29, 1.82) is 5.26 Å². The monoisotopic (exact) mass is 194 g/mol. The van der Waals surface area contributed by atoms with Gasteiger partial charge < -0.3 is 10.8 Å². The van der Waals surface area contributed by atoms with Crippen molar-refractivity contribution in [1.82, 2.24) is 0 Å². The maximum Gasteiger partial charge on any atom is 0.140 e. The van der Waals surface area contributed by atoms with E-state index in [4.69, 9.17) is 11.0 Å².